The molecule has 31 nitrogen and oxygen atoms in total. The quantitative estimate of drug-likeness (QED) is 0.0170. The molecule has 4 aromatic rings. The Bertz CT molecular complexity index is 3640. The molecule has 0 aliphatic carbocycles. The lowest BCUT2D eigenvalue weighted by atomic mass is 9.87. The van der Waals surface area contributed by atoms with E-state index in [0.29, 0.717) is 78.1 Å². The number of carbonyl (C=O) groups is 13. The number of rotatable bonds is 53. The number of carboxylic acids is 1. The fraction of sp³-hybridized carbons (Fsp3) is 0.600. The number of aromatic amines is 2. The van der Waals surface area contributed by atoms with E-state index in [1.165, 1.54) is 13.8 Å². The van der Waals surface area contributed by atoms with Crippen molar-refractivity contribution < 1.29 is 82.8 Å². The molecule has 0 bridgehead atoms. The number of hydrogen-bond donors (Lipinski definition) is 17. The van der Waals surface area contributed by atoms with Crippen LogP contribution in [0.5, 0.6) is 0 Å². The Balaban J connectivity index is 1.64. The summed E-state index contributed by atoms with van der Waals surface area (Å²) in [6.07, 6.45) is 1.00. The third-order valence-electron chi connectivity index (χ3n) is 18.8. The molecule has 22 N–H and O–H groups in total. The number of aliphatic carboxylic acids is 1. The van der Waals surface area contributed by atoms with Gasteiger partial charge in [-0.3, -0.25) is 67.3 Å². The van der Waals surface area contributed by atoms with Crippen LogP contribution in [0.3, 0.4) is 0 Å². The first kappa shape index (κ1) is 89.1. The van der Waals surface area contributed by atoms with E-state index in [4.69, 9.17) is 28.7 Å². The number of unbranched alkanes of at least 4 members (excludes halogenated alkanes) is 2. The monoisotopic (exact) mass is 1480 g/mol. The third-order valence-corrected chi connectivity index (χ3v) is 18.8. The van der Waals surface area contributed by atoms with Gasteiger partial charge in [0.05, 0.1) is 61.7 Å². The van der Waals surface area contributed by atoms with E-state index in [0.717, 1.165) is 0 Å². The first-order chi connectivity index (χ1) is 50.2. The maximum atomic E-state index is 15.0. The summed E-state index contributed by atoms with van der Waals surface area (Å²) in [5.41, 5.74) is 30.5. The number of Topliss-reactive ketones (excluding diaryl/α,β-unsaturated/α-hetero) is 5. The molecular weight excluding hydrogens is 1370 g/mol. The van der Waals surface area contributed by atoms with Gasteiger partial charge in [0.15, 0.2) is 34.9 Å². The summed E-state index contributed by atoms with van der Waals surface area (Å²) >= 11 is 0. The summed E-state index contributed by atoms with van der Waals surface area (Å²) in [7, 11) is 0. The number of aliphatic hydroxyl groups is 3. The summed E-state index contributed by atoms with van der Waals surface area (Å²) in [6, 6.07) is 5.88. The average Bonchev–Trinajstić information content (AvgIpc) is 1.65. The van der Waals surface area contributed by atoms with Gasteiger partial charge in [-0.2, -0.15) is 0 Å². The number of fused-ring (bicyclic) bond motifs is 2. The highest BCUT2D eigenvalue weighted by molar-refractivity contribution is 6.00. The molecule has 0 spiro atoms. The van der Waals surface area contributed by atoms with Crippen molar-refractivity contribution in [1.82, 2.24) is 41.9 Å². The topological polar surface area (TPSA) is 549 Å². The van der Waals surface area contributed by atoms with Crippen LogP contribution in [-0.2, 0) is 75.2 Å². The Kier molecular flexibility index (Phi) is 38.0. The molecule has 0 saturated heterocycles. The molecule has 2 aromatic heterocycles. The summed E-state index contributed by atoms with van der Waals surface area (Å²) in [4.78, 5) is 191. The minimum atomic E-state index is -1.68. The molecule has 2 heterocycles. The first-order valence-corrected chi connectivity index (χ1v) is 36.6. The van der Waals surface area contributed by atoms with Gasteiger partial charge in [0.25, 0.3) is 0 Å². The minimum Gasteiger partial charge on any atom is -0.481 e. The van der Waals surface area contributed by atoms with Gasteiger partial charge in [0.1, 0.15) is 12.1 Å². The Hall–Kier alpha value is -9.30. The number of benzene rings is 2. The van der Waals surface area contributed by atoms with E-state index in [1.54, 1.807) is 95.5 Å². The number of carbonyl (C=O) groups excluding carboxylic acids is 12. The molecule has 586 valence electrons. The van der Waals surface area contributed by atoms with E-state index >= 15 is 4.79 Å². The lowest BCUT2D eigenvalue weighted by Crippen LogP contribution is -2.52. The van der Waals surface area contributed by atoms with Crippen molar-refractivity contribution in [2.75, 3.05) is 32.8 Å². The second-order valence-corrected chi connectivity index (χ2v) is 28.7. The van der Waals surface area contributed by atoms with Gasteiger partial charge in [-0.05, 0) is 126 Å². The molecule has 1 unspecified atom stereocenters. The molecule has 13 atom stereocenters. The lowest BCUT2D eigenvalue weighted by Gasteiger charge is -2.27. The molecule has 2 aromatic carbocycles. The molecule has 7 amide bonds. The number of ketones is 5. The van der Waals surface area contributed by atoms with Crippen LogP contribution in [0.25, 0.3) is 21.8 Å². The average molecular weight is 1480 g/mol. The van der Waals surface area contributed by atoms with Gasteiger partial charge >= 0.3 is 5.97 Å². The van der Waals surface area contributed by atoms with Crippen LogP contribution in [0.1, 0.15) is 162 Å². The number of guanidine groups is 1. The molecule has 31 heteroatoms. The molecular formula is C75H114N14O17. The lowest BCUT2D eigenvalue weighted by molar-refractivity contribution is -0.141. The van der Waals surface area contributed by atoms with Crippen LogP contribution in [0.4, 0.5) is 0 Å². The smallest absolute Gasteiger partial charge is 0.305 e. The van der Waals surface area contributed by atoms with E-state index in [2.05, 4.69) is 46.9 Å². The van der Waals surface area contributed by atoms with E-state index in [9.17, 15) is 78.0 Å². The van der Waals surface area contributed by atoms with Crippen LogP contribution in [0.2, 0.25) is 0 Å². The van der Waals surface area contributed by atoms with Gasteiger partial charge in [-0.25, -0.2) is 0 Å². The van der Waals surface area contributed by atoms with E-state index < -0.39 is 200 Å². The molecule has 0 aliphatic heterocycles. The molecule has 0 fully saturated rings. The number of aliphatic imine (C=N–C) groups is 1. The number of para-hydroxylation sites is 2. The highest BCUT2D eigenvalue weighted by Crippen LogP contribution is 2.27. The van der Waals surface area contributed by atoms with Gasteiger partial charge in [-0.15, -0.1) is 0 Å². The Morgan fingerprint density at radius 3 is 1.35 bits per heavy atom. The predicted octanol–water partition coefficient (Wildman–Crippen LogP) is 1.61. The largest absolute Gasteiger partial charge is 0.481 e. The zero-order chi connectivity index (χ0) is 78.9. The minimum absolute atomic E-state index is 0.0322. The first-order valence-electron chi connectivity index (χ1n) is 36.6. The number of amides is 7. The highest BCUT2D eigenvalue weighted by Gasteiger charge is 2.39. The number of hydrogen-bond acceptors (Lipinski definition) is 19. The van der Waals surface area contributed by atoms with Crippen LogP contribution in [-0.4, -0.2) is 188 Å². The number of aromatic nitrogens is 2. The van der Waals surface area contributed by atoms with Crippen LogP contribution in [0.15, 0.2) is 65.9 Å². The maximum Gasteiger partial charge on any atom is 0.305 e. The van der Waals surface area contributed by atoms with Crippen LogP contribution in [0, 0.1) is 47.3 Å². The van der Waals surface area contributed by atoms with Gasteiger partial charge in [0, 0.05) is 103 Å². The second kappa shape index (κ2) is 45.3. The number of aliphatic hydroxyl groups excluding tert-OH is 3. The molecule has 0 aliphatic rings. The van der Waals surface area contributed by atoms with Crippen molar-refractivity contribution in [3.63, 3.8) is 0 Å². The van der Waals surface area contributed by atoms with Crippen molar-refractivity contribution in [3.8, 4) is 0 Å². The Morgan fingerprint density at radius 2 is 0.868 bits per heavy atom. The number of carboxylic acid groups (broad SMARTS) is 1. The second-order valence-electron chi connectivity index (χ2n) is 28.7. The van der Waals surface area contributed by atoms with Gasteiger partial charge in [-0.1, -0.05) is 77.4 Å². The summed E-state index contributed by atoms with van der Waals surface area (Å²) in [5, 5.41) is 59.4. The normalized spacial score (nSPS) is 15.2. The standard InChI is InChI=1S/C75H114N14O17/c1-41(2)27-46(71(103)88-60(68(78)100)36-66(98)99)31-61(93)44(6)84-70(102)47(28-42(3)4)33-65(97)67(45(7)92)89-72(104)48(29-49-37-82-55-20-10-8-18-53(49)55)32-62(94)58(23-16-26-81-75(79)80)86-73(105)52(40-91)35-64(96)59(30-50-38-83-56-21-11-9-19-54(50)56)87-74(106)51(39-90)34-63(95)57(22-13-15-25-77)85-69(101)43(5)17-12-14-24-76/h8-11,18-21,37-38,41-48,51-52,57-60,67,82-83,90-92H,12-17,22-36,39-40,76-77H2,1-7H3,(H2,78,100)(H,84,102)(H,85,101)(H,86,105)(H,87,106)(H,88,103)(H,89,104)(H,98,99)(H4,79,80,81)/t43-,44-,45+,46+,47+,48+,51-,52-,57-,58-,59?,60-,67-/m0/s1. The van der Waals surface area contributed by atoms with E-state index in [1.807, 2.05) is 0 Å². The number of nitrogens with zero attached hydrogens (tertiary/aromatic N) is 1. The number of nitrogens with two attached hydrogens (primary N) is 5. The van der Waals surface area contributed by atoms with Crippen molar-refractivity contribution in [1.29, 1.82) is 0 Å². The predicted molar refractivity (Wildman–Crippen MR) is 398 cm³/mol. The summed E-state index contributed by atoms with van der Waals surface area (Å²) < 4.78 is 0. The van der Waals surface area contributed by atoms with Crippen LogP contribution >= 0.6 is 0 Å². The van der Waals surface area contributed by atoms with Crippen molar-refractivity contribution >= 4 is 104 Å². The zero-order valence-corrected chi connectivity index (χ0v) is 62.1. The van der Waals surface area contributed by atoms with Gasteiger partial charge < -0.3 is 91.0 Å². The van der Waals surface area contributed by atoms with Crippen molar-refractivity contribution in [3.05, 3.63) is 72.1 Å². The summed E-state index contributed by atoms with van der Waals surface area (Å²) in [5.74, 6) is -18.2. The van der Waals surface area contributed by atoms with Crippen molar-refractivity contribution in [2.24, 2.45) is 81.0 Å². The zero-order valence-electron chi connectivity index (χ0n) is 62.1. The number of primary amides is 1. The highest BCUT2D eigenvalue weighted by atomic mass is 16.4. The van der Waals surface area contributed by atoms with Crippen LogP contribution < -0.4 is 60.6 Å². The van der Waals surface area contributed by atoms with Crippen molar-refractivity contribution in [2.45, 2.75) is 206 Å². The fourth-order valence-corrected chi connectivity index (χ4v) is 12.8. The summed E-state index contributed by atoms with van der Waals surface area (Å²) in [6.45, 7) is 10.5. The maximum absolute atomic E-state index is 15.0. The molecule has 0 saturated carbocycles. The molecule has 4 rings (SSSR count). The van der Waals surface area contributed by atoms with E-state index in [-0.39, 0.29) is 75.2 Å². The van der Waals surface area contributed by atoms with Gasteiger partial charge in [0.2, 0.25) is 41.4 Å². The Labute approximate surface area is 618 Å². The SMILES string of the molecule is CC(C)C[C@H](CC(=O)[C@@H](NC(=O)[C@@H](CC(=O)[C@H](CCCN=C(N)N)NC(=O)[C@H](CO)CC(=O)C(Cc1c[nH]c2ccccc12)NC(=O)[C@H](CO)CC(=O)[C@H](CCCCN)NC(=O)[C@@H](C)CCCCN)Cc1c[nH]c2ccccc12)[C@@H](C)O)C(=O)N[C@@H](C)C(=O)C[C@@H](CC(C)C)C(=O)N[C@@H](CC(=O)O)C(N)=O. The molecule has 0 radical (unpaired) electrons. The third kappa shape index (κ3) is 29.6. The Morgan fingerprint density at radius 1 is 0.453 bits per heavy atom. The fourth-order valence-electron chi connectivity index (χ4n) is 12.8. The molecule has 106 heavy (non-hydrogen) atoms. The number of nitrogens with one attached hydrogen (secondary N) is 8. The number of H-pyrrole nitrogens is 2.